The maximum absolute atomic E-state index is 13.2. The molecule has 10 heteroatoms. The summed E-state index contributed by atoms with van der Waals surface area (Å²) in [5, 5.41) is 13.5. The summed E-state index contributed by atoms with van der Waals surface area (Å²) in [6, 6.07) is 23.4. The molecule has 0 bridgehead atoms. The summed E-state index contributed by atoms with van der Waals surface area (Å²) >= 11 is 14.2. The third-order valence-corrected chi connectivity index (χ3v) is 7.21. The van der Waals surface area contributed by atoms with Crippen LogP contribution in [0, 0.1) is 20.7 Å². The highest BCUT2D eigenvalue weighted by Crippen LogP contribution is 2.35. The Kier molecular flexibility index (Phi) is 11.1. The van der Waals surface area contributed by atoms with Gasteiger partial charge in [0.1, 0.15) is 36.4 Å². The lowest BCUT2D eigenvalue weighted by molar-refractivity contribution is -0.112. The van der Waals surface area contributed by atoms with Gasteiger partial charge in [0.2, 0.25) is 0 Å². The van der Waals surface area contributed by atoms with Crippen LogP contribution >= 0.6 is 45.8 Å². The minimum Gasteiger partial charge on any atom is -0.490 e. The number of hydrogen-bond donors (Lipinski definition) is 1. The molecule has 0 fully saturated rings. The molecular weight excluding hydrogens is 693 g/mol. The second kappa shape index (κ2) is 14.9. The van der Waals surface area contributed by atoms with Gasteiger partial charge in [-0.25, -0.2) is 4.39 Å². The van der Waals surface area contributed by atoms with Crippen LogP contribution in [0.2, 0.25) is 10.0 Å². The van der Waals surface area contributed by atoms with E-state index in [1.54, 1.807) is 66.7 Å². The molecule has 4 rings (SSSR count). The Balaban J connectivity index is 1.43. The normalized spacial score (nSPS) is 11.0. The highest BCUT2D eigenvalue weighted by Gasteiger charge is 2.15. The molecule has 0 radical (unpaired) electrons. The van der Waals surface area contributed by atoms with Gasteiger partial charge in [0.25, 0.3) is 5.91 Å². The molecule has 0 spiro atoms. The second-order valence-corrected chi connectivity index (χ2v) is 10.9. The van der Waals surface area contributed by atoms with Crippen LogP contribution in [0.5, 0.6) is 17.2 Å². The van der Waals surface area contributed by atoms with E-state index in [4.69, 9.17) is 37.4 Å². The van der Waals surface area contributed by atoms with Crippen molar-refractivity contribution in [1.82, 2.24) is 0 Å². The van der Waals surface area contributed by atoms with E-state index in [9.17, 15) is 14.4 Å². The molecule has 42 heavy (non-hydrogen) atoms. The number of carbonyl (C=O) groups is 1. The van der Waals surface area contributed by atoms with Gasteiger partial charge in [-0.2, -0.15) is 5.26 Å². The molecule has 0 unspecified atom stereocenters. The van der Waals surface area contributed by atoms with Crippen LogP contribution in [0.1, 0.15) is 23.6 Å². The van der Waals surface area contributed by atoms with Gasteiger partial charge in [0.15, 0.2) is 11.5 Å². The molecule has 0 atom stereocenters. The van der Waals surface area contributed by atoms with Crippen molar-refractivity contribution in [2.45, 2.75) is 20.1 Å². The molecule has 0 heterocycles. The van der Waals surface area contributed by atoms with Crippen molar-refractivity contribution in [3.05, 3.63) is 121 Å². The number of halogens is 4. The Morgan fingerprint density at radius 1 is 0.976 bits per heavy atom. The first-order valence-corrected chi connectivity index (χ1v) is 14.5. The standard InChI is InChI=1S/C32H24Cl2FIN2O4/c1-2-40-30-15-21(14-29(36)31(30)42-18-20-3-7-25(35)8-4-20)13-23(17-37)32(39)38-26-9-11-27(12-10-26)41-19-22-5-6-24(33)16-28(22)34/h3-16H,2,18-19H2,1H3,(H,38,39)/b23-13+. The average molecular weight is 717 g/mol. The molecule has 0 saturated heterocycles. The maximum Gasteiger partial charge on any atom is 0.266 e. The zero-order valence-electron chi connectivity index (χ0n) is 22.3. The van der Waals surface area contributed by atoms with Crippen molar-refractivity contribution < 1.29 is 23.4 Å². The maximum atomic E-state index is 13.2. The molecule has 1 N–H and O–H groups in total. The van der Waals surface area contributed by atoms with E-state index in [1.807, 2.05) is 13.0 Å². The van der Waals surface area contributed by atoms with Crippen LogP contribution < -0.4 is 19.5 Å². The Bertz CT molecular complexity index is 1640. The van der Waals surface area contributed by atoms with Crippen LogP contribution in [0.4, 0.5) is 10.1 Å². The SMILES string of the molecule is CCOc1cc(/C=C(\C#N)C(=O)Nc2ccc(OCc3ccc(Cl)cc3Cl)cc2)cc(I)c1OCc1ccc(F)cc1. The van der Waals surface area contributed by atoms with E-state index in [0.717, 1.165) is 14.7 Å². The number of carbonyl (C=O) groups excluding carboxylic acids is 1. The number of nitrogens with one attached hydrogen (secondary N) is 1. The molecule has 1 amide bonds. The topological polar surface area (TPSA) is 80.6 Å². The lowest BCUT2D eigenvalue weighted by atomic mass is 10.1. The lowest BCUT2D eigenvalue weighted by Crippen LogP contribution is -2.13. The van der Waals surface area contributed by atoms with Gasteiger partial charge in [-0.1, -0.05) is 41.4 Å². The fourth-order valence-corrected chi connectivity index (χ4v) is 5.00. The highest BCUT2D eigenvalue weighted by molar-refractivity contribution is 14.1. The second-order valence-electron chi connectivity index (χ2n) is 8.85. The predicted octanol–water partition coefficient (Wildman–Crippen LogP) is 8.84. The Labute approximate surface area is 266 Å². The van der Waals surface area contributed by atoms with Gasteiger partial charge in [0, 0.05) is 21.3 Å². The average Bonchev–Trinajstić information content (AvgIpc) is 2.97. The predicted molar refractivity (Wildman–Crippen MR) is 171 cm³/mol. The molecule has 0 aliphatic heterocycles. The minimum atomic E-state index is -0.566. The molecule has 0 aliphatic carbocycles. The summed E-state index contributed by atoms with van der Waals surface area (Å²) in [5.74, 6) is 0.672. The van der Waals surface area contributed by atoms with Crippen LogP contribution in [-0.2, 0) is 18.0 Å². The van der Waals surface area contributed by atoms with Crippen LogP contribution in [0.25, 0.3) is 6.08 Å². The molecule has 0 saturated carbocycles. The first-order chi connectivity index (χ1) is 20.2. The van der Waals surface area contributed by atoms with E-state index in [1.165, 1.54) is 18.2 Å². The van der Waals surface area contributed by atoms with Gasteiger partial charge in [-0.15, -0.1) is 0 Å². The summed E-state index contributed by atoms with van der Waals surface area (Å²) in [7, 11) is 0. The highest BCUT2D eigenvalue weighted by atomic mass is 127. The number of nitrogens with zero attached hydrogens (tertiary/aromatic N) is 1. The van der Waals surface area contributed by atoms with Crippen LogP contribution in [0.15, 0.2) is 84.4 Å². The molecule has 0 aromatic heterocycles. The molecule has 6 nitrogen and oxygen atoms in total. The van der Waals surface area contributed by atoms with Crippen molar-refractivity contribution >= 4 is 63.5 Å². The zero-order chi connectivity index (χ0) is 30.1. The number of benzene rings is 4. The summed E-state index contributed by atoms with van der Waals surface area (Å²) in [6.07, 6.45) is 1.48. The lowest BCUT2D eigenvalue weighted by Gasteiger charge is -2.15. The van der Waals surface area contributed by atoms with Crippen LogP contribution in [-0.4, -0.2) is 12.5 Å². The van der Waals surface area contributed by atoms with E-state index in [-0.39, 0.29) is 24.6 Å². The summed E-state index contributed by atoms with van der Waals surface area (Å²) in [6.45, 7) is 2.70. The Hall–Kier alpha value is -3.78. The van der Waals surface area contributed by atoms with Gasteiger partial charge in [-0.3, -0.25) is 4.79 Å². The first-order valence-electron chi connectivity index (χ1n) is 12.7. The van der Waals surface area contributed by atoms with Crippen molar-refractivity contribution in [3.63, 3.8) is 0 Å². The zero-order valence-corrected chi connectivity index (χ0v) is 26.0. The molecule has 4 aromatic rings. The van der Waals surface area contributed by atoms with Gasteiger partial charge >= 0.3 is 0 Å². The number of hydrogen-bond acceptors (Lipinski definition) is 5. The van der Waals surface area contributed by atoms with Gasteiger partial charge in [-0.05, 0) is 107 Å². The van der Waals surface area contributed by atoms with E-state index < -0.39 is 5.91 Å². The molecular formula is C32H24Cl2FIN2O4. The van der Waals surface area contributed by atoms with Gasteiger partial charge in [0.05, 0.1) is 10.2 Å². The Morgan fingerprint density at radius 3 is 2.38 bits per heavy atom. The number of ether oxygens (including phenoxy) is 3. The number of nitriles is 1. The first kappa shape index (κ1) is 31.2. The van der Waals surface area contributed by atoms with Crippen molar-refractivity contribution in [3.8, 4) is 23.3 Å². The van der Waals surface area contributed by atoms with Gasteiger partial charge < -0.3 is 19.5 Å². The summed E-state index contributed by atoms with van der Waals surface area (Å²) < 4.78 is 31.5. The molecule has 214 valence electrons. The van der Waals surface area contributed by atoms with Crippen molar-refractivity contribution in [2.24, 2.45) is 0 Å². The van der Waals surface area contributed by atoms with E-state index in [0.29, 0.717) is 45.2 Å². The number of anilines is 1. The molecule has 4 aromatic carbocycles. The summed E-state index contributed by atoms with van der Waals surface area (Å²) in [4.78, 5) is 12.9. The minimum absolute atomic E-state index is 0.0917. The van der Waals surface area contributed by atoms with E-state index >= 15 is 0 Å². The van der Waals surface area contributed by atoms with Crippen molar-refractivity contribution in [2.75, 3.05) is 11.9 Å². The third kappa shape index (κ3) is 8.61. The Morgan fingerprint density at radius 2 is 1.71 bits per heavy atom. The largest absolute Gasteiger partial charge is 0.490 e. The quantitative estimate of drug-likeness (QED) is 0.0954. The molecule has 0 aliphatic rings. The number of amides is 1. The smallest absolute Gasteiger partial charge is 0.266 e. The van der Waals surface area contributed by atoms with Crippen LogP contribution in [0.3, 0.4) is 0 Å². The van der Waals surface area contributed by atoms with Crippen molar-refractivity contribution in [1.29, 1.82) is 5.26 Å². The van der Waals surface area contributed by atoms with E-state index in [2.05, 4.69) is 27.9 Å². The summed E-state index contributed by atoms with van der Waals surface area (Å²) in [5.41, 5.74) is 2.58. The third-order valence-electron chi connectivity index (χ3n) is 5.83. The fourth-order valence-electron chi connectivity index (χ4n) is 3.76. The fraction of sp³-hybridized carbons (Fsp3) is 0.125. The number of rotatable bonds is 11. The monoisotopic (exact) mass is 716 g/mol.